The normalized spacial score (nSPS) is 25.6. The molecule has 100 valence electrons. The molecule has 0 spiro atoms. The Morgan fingerprint density at radius 2 is 1.47 bits per heavy atom. The molecule has 3 nitrogen and oxygen atoms in total. The maximum atomic E-state index is 5.99. The van der Waals surface area contributed by atoms with Crippen LogP contribution in [0, 0.1) is 5.92 Å². The van der Waals surface area contributed by atoms with Gasteiger partial charge in [-0.15, -0.1) is 0 Å². The van der Waals surface area contributed by atoms with Gasteiger partial charge in [-0.2, -0.15) is 0 Å². The quantitative estimate of drug-likeness (QED) is 0.723. The average Bonchev–Trinajstić information content (AvgIpc) is 2.88. The molecule has 0 atom stereocenters. The first-order chi connectivity index (χ1) is 8.23. The Labute approximate surface area is 107 Å². The van der Waals surface area contributed by atoms with Gasteiger partial charge >= 0.3 is 8.72 Å². The second-order valence-corrected chi connectivity index (χ2v) is 9.22. The highest BCUT2D eigenvalue weighted by Crippen LogP contribution is 2.41. The van der Waals surface area contributed by atoms with Crippen molar-refractivity contribution in [2.24, 2.45) is 5.92 Å². The lowest BCUT2D eigenvalue weighted by Gasteiger charge is -2.44. The molecule has 2 aliphatic rings. The van der Waals surface area contributed by atoms with Crippen molar-refractivity contribution >= 4 is 8.72 Å². The largest absolute Gasteiger partial charge is 0.430 e. The van der Waals surface area contributed by atoms with Crippen LogP contribution in [0.4, 0.5) is 0 Å². The lowest BCUT2D eigenvalue weighted by molar-refractivity contribution is 0.126. The molecular weight excluding hydrogens is 230 g/mol. The van der Waals surface area contributed by atoms with Crippen molar-refractivity contribution < 1.29 is 8.85 Å². The van der Waals surface area contributed by atoms with Crippen LogP contribution in [0.15, 0.2) is 0 Å². The first-order valence-corrected chi connectivity index (χ1v) is 8.92. The van der Waals surface area contributed by atoms with Gasteiger partial charge in [-0.25, -0.2) is 0 Å². The van der Waals surface area contributed by atoms with Gasteiger partial charge in [-0.05, 0) is 44.7 Å². The van der Waals surface area contributed by atoms with Gasteiger partial charge in [-0.3, -0.25) is 4.57 Å². The van der Waals surface area contributed by atoms with Crippen molar-refractivity contribution in [2.45, 2.75) is 51.0 Å². The summed E-state index contributed by atoms with van der Waals surface area (Å²) in [5, 5.41) is 0. The zero-order valence-corrected chi connectivity index (χ0v) is 12.6. The van der Waals surface area contributed by atoms with Crippen molar-refractivity contribution in [2.75, 3.05) is 27.3 Å². The van der Waals surface area contributed by atoms with E-state index in [1.54, 1.807) is 0 Å². The summed E-state index contributed by atoms with van der Waals surface area (Å²) in [6.45, 7) is 4.70. The van der Waals surface area contributed by atoms with Crippen LogP contribution in [0.3, 0.4) is 0 Å². The first-order valence-electron chi connectivity index (χ1n) is 7.08. The number of nitrogens with zero attached hydrogens (tertiary/aromatic N) is 1. The van der Waals surface area contributed by atoms with Gasteiger partial charge in [0.2, 0.25) is 0 Å². The fourth-order valence-electron chi connectivity index (χ4n) is 3.54. The summed E-state index contributed by atoms with van der Waals surface area (Å²) >= 11 is 0. The molecule has 1 saturated carbocycles. The Morgan fingerprint density at radius 3 is 1.94 bits per heavy atom. The Morgan fingerprint density at radius 1 is 0.941 bits per heavy atom. The van der Waals surface area contributed by atoms with Crippen molar-refractivity contribution in [3.63, 3.8) is 0 Å². The molecule has 1 aliphatic carbocycles. The van der Waals surface area contributed by atoms with E-state index in [0.717, 1.165) is 5.92 Å². The van der Waals surface area contributed by atoms with E-state index in [0.29, 0.717) is 5.54 Å². The molecule has 0 bridgehead atoms. The van der Waals surface area contributed by atoms with E-state index in [1.807, 2.05) is 14.2 Å². The van der Waals surface area contributed by atoms with E-state index in [1.165, 1.54) is 51.6 Å². The fraction of sp³-hybridized carbons (Fsp3) is 1.00. The summed E-state index contributed by atoms with van der Waals surface area (Å²) in [6, 6.07) is 0. The molecule has 17 heavy (non-hydrogen) atoms. The van der Waals surface area contributed by atoms with Crippen LogP contribution in [-0.2, 0) is 8.85 Å². The van der Waals surface area contributed by atoms with E-state index in [-0.39, 0.29) is 0 Å². The van der Waals surface area contributed by atoms with Crippen molar-refractivity contribution in [3.8, 4) is 0 Å². The fourth-order valence-corrected chi connectivity index (χ4v) is 7.43. The minimum atomic E-state index is -2.11. The highest BCUT2D eigenvalue weighted by molar-refractivity contribution is 6.66. The monoisotopic (exact) mass is 257 g/mol. The number of piperidine rings is 1. The van der Waals surface area contributed by atoms with Crippen LogP contribution in [0.2, 0.25) is 5.54 Å². The second-order valence-electron chi connectivity index (χ2n) is 5.69. The zero-order chi connectivity index (χ0) is 12.3. The molecule has 0 unspecified atom stereocenters. The summed E-state index contributed by atoms with van der Waals surface area (Å²) in [5.41, 5.74) is 0.686. The van der Waals surface area contributed by atoms with E-state index in [9.17, 15) is 0 Å². The summed E-state index contributed by atoms with van der Waals surface area (Å²) in [7, 11) is 1.63. The maximum absolute atomic E-state index is 5.99. The van der Waals surface area contributed by atoms with Crippen molar-refractivity contribution in [3.05, 3.63) is 0 Å². The van der Waals surface area contributed by atoms with E-state index >= 15 is 0 Å². The maximum Gasteiger partial charge on any atom is 0.430 e. The Hall–Kier alpha value is 0.0969. The minimum Gasteiger partial charge on any atom is -0.386 e. The Balaban J connectivity index is 2.09. The van der Waals surface area contributed by atoms with Gasteiger partial charge in [0, 0.05) is 19.8 Å². The lowest BCUT2D eigenvalue weighted by Crippen LogP contribution is -2.62. The summed E-state index contributed by atoms with van der Waals surface area (Å²) in [4.78, 5) is 0. The smallest absolute Gasteiger partial charge is 0.386 e. The molecule has 0 N–H and O–H groups in total. The molecule has 0 radical (unpaired) electrons. The molecule has 1 heterocycles. The standard InChI is InChI=1S/C13H27NO2Si/c1-12-8-10-14(11-9-12)17(15-2,16-3)13-6-4-5-7-13/h12-13H,4-11H2,1-3H3. The highest BCUT2D eigenvalue weighted by Gasteiger charge is 2.51. The minimum absolute atomic E-state index is 0.686. The zero-order valence-electron chi connectivity index (χ0n) is 11.6. The van der Waals surface area contributed by atoms with Gasteiger partial charge in [0.1, 0.15) is 0 Å². The van der Waals surface area contributed by atoms with Crippen molar-refractivity contribution in [1.29, 1.82) is 0 Å². The predicted molar refractivity (Wildman–Crippen MR) is 72.0 cm³/mol. The molecule has 1 saturated heterocycles. The Kier molecular flexibility index (Phi) is 4.63. The number of rotatable bonds is 4. The molecular formula is C13H27NO2Si. The third-order valence-electron chi connectivity index (χ3n) is 4.68. The average molecular weight is 257 g/mol. The molecule has 0 amide bonds. The Bertz CT molecular complexity index is 232. The topological polar surface area (TPSA) is 21.7 Å². The van der Waals surface area contributed by atoms with E-state index in [2.05, 4.69) is 11.5 Å². The van der Waals surface area contributed by atoms with E-state index in [4.69, 9.17) is 8.85 Å². The SMILES string of the molecule is CO[Si](OC)(C1CCCC1)N1CCC(C)CC1. The third-order valence-corrected chi connectivity index (χ3v) is 8.79. The van der Waals surface area contributed by atoms with Crippen LogP contribution >= 0.6 is 0 Å². The summed E-state index contributed by atoms with van der Waals surface area (Å²) in [5.74, 6) is 0.871. The molecule has 0 aromatic carbocycles. The second kappa shape index (κ2) is 5.82. The summed E-state index contributed by atoms with van der Waals surface area (Å²) in [6.07, 6.45) is 7.93. The van der Waals surface area contributed by atoms with Gasteiger partial charge in [0.15, 0.2) is 0 Å². The molecule has 4 heteroatoms. The highest BCUT2D eigenvalue weighted by atomic mass is 28.4. The predicted octanol–water partition coefficient (Wildman–Crippen LogP) is 2.89. The van der Waals surface area contributed by atoms with Crippen molar-refractivity contribution in [1.82, 2.24) is 4.57 Å². The lowest BCUT2D eigenvalue weighted by atomic mass is 10.0. The van der Waals surface area contributed by atoms with Crippen LogP contribution in [-0.4, -0.2) is 40.6 Å². The number of hydrogen-bond donors (Lipinski definition) is 0. The first kappa shape index (κ1) is 13.5. The van der Waals surface area contributed by atoms with Crippen LogP contribution in [0.5, 0.6) is 0 Å². The van der Waals surface area contributed by atoms with Crippen LogP contribution < -0.4 is 0 Å². The van der Waals surface area contributed by atoms with Crippen LogP contribution in [0.1, 0.15) is 45.4 Å². The molecule has 1 aliphatic heterocycles. The van der Waals surface area contributed by atoms with Gasteiger partial charge in [-0.1, -0.05) is 19.8 Å². The summed E-state index contributed by atoms with van der Waals surface area (Å²) < 4.78 is 14.5. The molecule has 0 aromatic rings. The van der Waals surface area contributed by atoms with Gasteiger partial charge in [0.25, 0.3) is 0 Å². The van der Waals surface area contributed by atoms with Crippen LogP contribution in [0.25, 0.3) is 0 Å². The molecule has 2 rings (SSSR count). The van der Waals surface area contributed by atoms with Gasteiger partial charge in [0.05, 0.1) is 0 Å². The molecule has 2 fully saturated rings. The third kappa shape index (κ3) is 2.60. The van der Waals surface area contributed by atoms with Gasteiger partial charge < -0.3 is 8.85 Å². The molecule has 0 aromatic heterocycles. The number of hydrogen-bond acceptors (Lipinski definition) is 3. The van der Waals surface area contributed by atoms with E-state index < -0.39 is 8.72 Å².